The first kappa shape index (κ1) is 14.0. The van der Waals surface area contributed by atoms with E-state index in [1.165, 1.54) is 11.3 Å². The number of thiophene rings is 1. The molecule has 0 aliphatic carbocycles. The van der Waals surface area contributed by atoms with Gasteiger partial charge in [-0.05, 0) is 30.8 Å². The summed E-state index contributed by atoms with van der Waals surface area (Å²) < 4.78 is 0. The van der Waals surface area contributed by atoms with Crippen LogP contribution in [0.2, 0.25) is 0 Å². The van der Waals surface area contributed by atoms with Crippen LogP contribution < -0.4 is 10.6 Å². The number of carbonyl (C=O) groups is 2. The number of nitrogens with one attached hydrogen (secondary N) is 2. The third kappa shape index (κ3) is 4.04. The quantitative estimate of drug-likeness (QED) is 0.762. The summed E-state index contributed by atoms with van der Waals surface area (Å²) in [4.78, 5) is 23.9. The van der Waals surface area contributed by atoms with E-state index < -0.39 is 12.0 Å². The fourth-order valence-electron chi connectivity index (χ4n) is 2.25. The van der Waals surface area contributed by atoms with Crippen LogP contribution in [0.1, 0.15) is 30.2 Å². The zero-order valence-corrected chi connectivity index (χ0v) is 11.4. The van der Waals surface area contributed by atoms with E-state index in [-0.39, 0.29) is 18.2 Å². The van der Waals surface area contributed by atoms with Gasteiger partial charge in [0.1, 0.15) is 0 Å². The molecule has 6 heteroatoms. The van der Waals surface area contributed by atoms with E-state index in [0.717, 1.165) is 24.3 Å². The second-order valence-electron chi connectivity index (χ2n) is 4.72. The molecule has 1 saturated heterocycles. The third-order valence-corrected chi connectivity index (χ3v) is 4.24. The summed E-state index contributed by atoms with van der Waals surface area (Å²) in [5, 5.41) is 16.9. The molecule has 2 atom stereocenters. The summed E-state index contributed by atoms with van der Waals surface area (Å²) in [6, 6.07) is 3.30. The molecule has 2 unspecified atom stereocenters. The molecule has 1 fully saturated rings. The smallest absolute Gasteiger partial charge is 0.305 e. The molecule has 0 bridgehead atoms. The zero-order valence-electron chi connectivity index (χ0n) is 10.6. The lowest BCUT2D eigenvalue weighted by molar-refractivity contribution is -0.137. The van der Waals surface area contributed by atoms with Crippen LogP contribution in [0.25, 0.3) is 0 Å². The van der Waals surface area contributed by atoms with Gasteiger partial charge < -0.3 is 15.7 Å². The maximum absolute atomic E-state index is 12.1. The van der Waals surface area contributed by atoms with E-state index in [0.29, 0.717) is 6.54 Å². The normalized spacial score (nSPS) is 20.7. The predicted molar refractivity (Wildman–Crippen MR) is 73.0 cm³/mol. The van der Waals surface area contributed by atoms with Crippen molar-refractivity contribution in [1.29, 1.82) is 0 Å². The molecule has 0 spiro atoms. The van der Waals surface area contributed by atoms with E-state index in [1.807, 2.05) is 17.5 Å². The van der Waals surface area contributed by atoms with Gasteiger partial charge in [0.25, 0.3) is 0 Å². The number of piperidine rings is 1. The monoisotopic (exact) mass is 282 g/mol. The first-order valence-corrected chi connectivity index (χ1v) is 7.31. The van der Waals surface area contributed by atoms with Gasteiger partial charge in [0.15, 0.2) is 0 Å². The average molecular weight is 282 g/mol. The first-order chi connectivity index (χ1) is 9.16. The number of rotatable bonds is 5. The number of hydrogen-bond donors (Lipinski definition) is 3. The average Bonchev–Trinajstić information content (AvgIpc) is 2.92. The van der Waals surface area contributed by atoms with Gasteiger partial charge in [-0.2, -0.15) is 0 Å². The van der Waals surface area contributed by atoms with Crippen molar-refractivity contribution in [2.45, 2.75) is 25.3 Å². The van der Waals surface area contributed by atoms with Gasteiger partial charge in [-0.25, -0.2) is 0 Å². The Morgan fingerprint density at radius 2 is 2.42 bits per heavy atom. The molecule has 1 aliphatic rings. The number of carbonyl (C=O) groups excluding carboxylic acids is 1. The molecule has 1 aromatic rings. The van der Waals surface area contributed by atoms with Crippen LogP contribution in [0, 0.1) is 5.92 Å². The number of hydrogen-bond acceptors (Lipinski definition) is 4. The summed E-state index contributed by atoms with van der Waals surface area (Å²) in [6.07, 6.45) is 1.77. The summed E-state index contributed by atoms with van der Waals surface area (Å²) in [7, 11) is 0. The Bertz CT molecular complexity index is 427. The van der Waals surface area contributed by atoms with E-state index >= 15 is 0 Å². The summed E-state index contributed by atoms with van der Waals surface area (Å²) in [5.74, 6) is -1.00. The molecule has 0 saturated carbocycles. The predicted octanol–water partition coefficient (Wildman–Crippen LogP) is 1.38. The van der Waals surface area contributed by atoms with Gasteiger partial charge >= 0.3 is 5.97 Å². The Labute approximate surface area is 116 Å². The van der Waals surface area contributed by atoms with Gasteiger partial charge in [0.2, 0.25) is 5.91 Å². The van der Waals surface area contributed by atoms with Crippen LogP contribution >= 0.6 is 11.3 Å². The van der Waals surface area contributed by atoms with Gasteiger partial charge in [-0.1, -0.05) is 6.07 Å². The SMILES string of the molecule is O=C(O)CC(NC(=O)C1CCCNC1)c1cccs1. The molecule has 2 rings (SSSR count). The Hall–Kier alpha value is -1.40. The molecule has 0 aromatic carbocycles. The second-order valence-corrected chi connectivity index (χ2v) is 5.70. The van der Waals surface area contributed by atoms with E-state index in [2.05, 4.69) is 10.6 Å². The molecule has 0 radical (unpaired) electrons. The van der Waals surface area contributed by atoms with Crippen molar-refractivity contribution in [1.82, 2.24) is 10.6 Å². The fourth-order valence-corrected chi connectivity index (χ4v) is 3.03. The van der Waals surface area contributed by atoms with Gasteiger partial charge in [-0.3, -0.25) is 9.59 Å². The highest BCUT2D eigenvalue weighted by Crippen LogP contribution is 2.23. The van der Waals surface area contributed by atoms with Crippen LogP contribution in [0.4, 0.5) is 0 Å². The number of carboxylic acids is 1. The van der Waals surface area contributed by atoms with Crippen LogP contribution in [0.15, 0.2) is 17.5 Å². The Kier molecular flexibility index (Phi) is 4.93. The van der Waals surface area contributed by atoms with Crippen LogP contribution in [0.3, 0.4) is 0 Å². The highest BCUT2D eigenvalue weighted by Gasteiger charge is 2.25. The fraction of sp³-hybridized carbons (Fsp3) is 0.538. The number of carboxylic acid groups (broad SMARTS) is 1. The molecule has 104 valence electrons. The van der Waals surface area contributed by atoms with Crippen LogP contribution in [-0.4, -0.2) is 30.1 Å². The van der Waals surface area contributed by atoms with Crippen molar-refractivity contribution in [3.05, 3.63) is 22.4 Å². The minimum Gasteiger partial charge on any atom is -0.481 e. The van der Waals surface area contributed by atoms with Crippen molar-refractivity contribution in [2.75, 3.05) is 13.1 Å². The van der Waals surface area contributed by atoms with E-state index in [4.69, 9.17) is 5.11 Å². The molecular weight excluding hydrogens is 264 g/mol. The van der Waals surface area contributed by atoms with E-state index in [9.17, 15) is 9.59 Å². The van der Waals surface area contributed by atoms with Gasteiger partial charge in [-0.15, -0.1) is 11.3 Å². The first-order valence-electron chi connectivity index (χ1n) is 6.43. The van der Waals surface area contributed by atoms with Crippen molar-refractivity contribution < 1.29 is 14.7 Å². The van der Waals surface area contributed by atoms with Crippen molar-refractivity contribution in [3.8, 4) is 0 Å². The van der Waals surface area contributed by atoms with Crippen molar-refractivity contribution >= 4 is 23.2 Å². The number of amides is 1. The molecule has 3 N–H and O–H groups in total. The maximum Gasteiger partial charge on any atom is 0.305 e. The highest BCUT2D eigenvalue weighted by molar-refractivity contribution is 7.10. The molecule has 1 aliphatic heterocycles. The minimum atomic E-state index is -0.902. The standard InChI is InChI=1S/C13H18N2O3S/c16-12(17)7-10(11-4-2-6-19-11)15-13(18)9-3-1-5-14-8-9/h2,4,6,9-10,14H,1,3,5,7-8H2,(H,15,18)(H,16,17). The van der Waals surface area contributed by atoms with Crippen molar-refractivity contribution in [2.24, 2.45) is 5.92 Å². The molecule has 19 heavy (non-hydrogen) atoms. The van der Waals surface area contributed by atoms with Gasteiger partial charge in [0.05, 0.1) is 18.4 Å². The Balaban J connectivity index is 1.99. The lowest BCUT2D eigenvalue weighted by Crippen LogP contribution is -2.42. The topological polar surface area (TPSA) is 78.4 Å². The molecule has 1 aromatic heterocycles. The molecular formula is C13H18N2O3S. The molecule has 5 nitrogen and oxygen atoms in total. The maximum atomic E-state index is 12.1. The Morgan fingerprint density at radius 3 is 3.00 bits per heavy atom. The zero-order chi connectivity index (χ0) is 13.7. The molecule has 1 amide bonds. The summed E-state index contributed by atoms with van der Waals surface area (Å²) in [5.41, 5.74) is 0. The summed E-state index contributed by atoms with van der Waals surface area (Å²) >= 11 is 1.47. The Morgan fingerprint density at radius 1 is 1.58 bits per heavy atom. The second kappa shape index (κ2) is 6.68. The van der Waals surface area contributed by atoms with Crippen LogP contribution in [0.5, 0.6) is 0 Å². The van der Waals surface area contributed by atoms with E-state index in [1.54, 1.807) is 0 Å². The summed E-state index contributed by atoms with van der Waals surface area (Å²) in [6.45, 7) is 1.63. The minimum absolute atomic E-state index is 0.0492. The van der Waals surface area contributed by atoms with Crippen molar-refractivity contribution in [3.63, 3.8) is 0 Å². The van der Waals surface area contributed by atoms with Crippen LogP contribution in [-0.2, 0) is 9.59 Å². The highest BCUT2D eigenvalue weighted by atomic mass is 32.1. The number of aliphatic carboxylic acids is 1. The van der Waals surface area contributed by atoms with Gasteiger partial charge in [0, 0.05) is 11.4 Å². The lowest BCUT2D eigenvalue weighted by Gasteiger charge is -2.24. The lowest BCUT2D eigenvalue weighted by atomic mass is 9.98. The largest absolute Gasteiger partial charge is 0.481 e. The molecule has 2 heterocycles. The third-order valence-electron chi connectivity index (χ3n) is 3.25.